The van der Waals surface area contributed by atoms with Gasteiger partial charge in [-0.15, -0.1) is 0 Å². The zero-order chi connectivity index (χ0) is 14.4. The Bertz CT molecular complexity index is 472. The summed E-state index contributed by atoms with van der Waals surface area (Å²) in [5, 5.41) is 11.5. The number of hydrogen-bond acceptors (Lipinski definition) is 4. The van der Waals surface area contributed by atoms with E-state index >= 15 is 0 Å². The van der Waals surface area contributed by atoms with Crippen LogP contribution in [0.25, 0.3) is 0 Å². The lowest BCUT2D eigenvalue weighted by Crippen LogP contribution is -2.29. The van der Waals surface area contributed by atoms with Crippen LogP contribution < -0.4 is 14.8 Å². The molecule has 0 spiro atoms. The summed E-state index contributed by atoms with van der Waals surface area (Å²) in [4.78, 5) is 22.7. The van der Waals surface area contributed by atoms with Gasteiger partial charge in [-0.2, -0.15) is 0 Å². The number of hydrogen-bond donors (Lipinski definition) is 2. The van der Waals surface area contributed by atoms with Crippen LogP contribution in [0.1, 0.15) is 13.3 Å². The fourth-order valence-electron chi connectivity index (χ4n) is 1.59. The van der Waals surface area contributed by atoms with E-state index in [1.54, 1.807) is 25.1 Å². The zero-order valence-electron chi connectivity index (χ0n) is 11.1. The van der Waals surface area contributed by atoms with Crippen molar-refractivity contribution in [3.8, 4) is 11.5 Å². The Morgan fingerprint density at radius 1 is 1.32 bits per heavy atom. The number of amides is 1. The molecule has 6 nitrogen and oxygen atoms in total. The predicted octanol–water partition coefficient (Wildman–Crippen LogP) is 1.75. The zero-order valence-corrected chi connectivity index (χ0v) is 11.1. The number of carboxylic acid groups (broad SMARTS) is 1. The normalized spacial score (nSPS) is 11.5. The number of ether oxygens (including phenoxy) is 2. The van der Waals surface area contributed by atoms with Gasteiger partial charge in [0.15, 0.2) is 0 Å². The summed E-state index contributed by atoms with van der Waals surface area (Å²) in [5.41, 5.74) is 0.410. The minimum absolute atomic E-state index is 0.222. The minimum Gasteiger partial charge on any atom is -0.497 e. The summed E-state index contributed by atoms with van der Waals surface area (Å²) < 4.78 is 10.2. The summed E-state index contributed by atoms with van der Waals surface area (Å²) in [6.45, 7) is 1.64. The molecule has 0 fully saturated rings. The van der Waals surface area contributed by atoms with Gasteiger partial charge in [-0.3, -0.25) is 9.59 Å². The van der Waals surface area contributed by atoms with Crippen molar-refractivity contribution in [1.29, 1.82) is 0 Å². The molecule has 0 saturated heterocycles. The Morgan fingerprint density at radius 2 is 2.00 bits per heavy atom. The number of carbonyl (C=O) groups excluding carboxylic acids is 1. The van der Waals surface area contributed by atoms with Crippen LogP contribution in [0.15, 0.2) is 18.2 Å². The van der Waals surface area contributed by atoms with Crippen molar-refractivity contribution in [2.75, 3.05) is 19.5 Å². The summed E-state index contributed by atoms with van der Waals surface area (Å²) in [5.74, 6) is -1.80. The van der Waals surface area contributed by atoms with Gasteiger partial charge in [-0.25, -0.2) is 0 Å². The van der Waals surface area contributed by atoms with E-state index < -0.39 is 17.8 Å². The Balaban J connectivity index is 2.92. The Morgan fingerprint density at radius 3 is 2.47 bits per heavy atom. The number of carboxylic acids is 1. The maximum absolute atomic E-state index is 11.8. The number of aliphatic carboxylic acids is 1. The number of nitrogens with one attached hydrogen (secondary N) is 1. The molecular formula is C13H17NO5. The summed E-state index contributed by atoms with van der Waals surface area (Å²) >= 11 is 0. The van der Waals surface area contributed by atoms with Crippen LogP contribution in [0.4, 0.5) is 5.69 Å². The van der Waals surface area contributed by atoms with Crippen LogP contribution in [-0.4, -0.2) is 31.2 Å². The summed E-state index contributed by atoms with van der Waals surface area (Å²) in [7, 11) is 2.98. The highest BCUT2D eigenvalue weighted by Gasteiger charge is 2.24. The standard InChI is InChI=1S/C13H17NO5/c1-4-9(13(16)17)12(15)14-10-6-5-8(18-2)7-11(10)19-3/h5-7,9H,4H2,1-3H3,(H,14,15)(H,16,17). The van der Waals surface area contributed by atoms with Crippen molar-refractivity contribution < 1.29 is 24.2 Å². The summed E-state index contributed by atoms with van der Waals surface area (Å²) in [6.07, 6.45) is 0.222. The van der Waals surface area contributed by atoms with E-state index in [9.17, 15) is 9.59 Å². The fourth-order valence-corrected chi connectivity index (χ4v) is 1.59. The van der Waals surface area contributed by atoms with Crippen molar-refractivity contribution in [3.05, 3.63) is 18.2 Å². The third-order valence-electron chi connectivity index (χ3n) is 2.69. The molecule has 0 aliphatic carbocycles. The van der Waals surface area contributed by atoms with Gasteiger partial charge in [0.05, 0.1) is 19.9 Å². The first-order valence-electron chi connectivity index (χ1n) is 5.79. The lowest BCUT2D eigenvalue weighted by Gasteiger charge is -2.14. The number of anilines is 1. The fraction of sp³-hybridized carbons (Fsp3) is 0.385. The largest absolute Gasteiger partial charge is 0.497 e. The van der Waals surface area contributed by atoms with Crippen molar-refractivity contribution in [3.63, 3.8) is 0 Å². The molecule has 0 bridgehead atoms. The van der Waals surface area contributed by atoms with Crippen molar-refractivity contribution in [1.82, 2.24) is 0 Å². The maximum atomic E-state index is 11.8. The molecule has 2 N–H and O–H groups in total. The SMILES string of the molecule is CCC(C(=O)O)C(=O)Nc1ccc(OC)cc1OC. The van der Waals surface area contributed by atoms with Crippen molar-refractivity contribution >= 4 is 17.6 Å². The van der Waals surface area contributed by atoms with Gasteiger partial charge in [0.1, 0.15) is 17.4 Å². The van der Waals surface area contributed by atoms with Crippen LogP contribution in [0, 0.1) is 5.92 Å². The molecule has 1 unspecified atom stereocenters. The monoisotopic (exact) mass is 267 g/mol. The van der Waals surface area contributed by atoms with Crippen molar-refractivity contribution in [2.45, 2.75) is 13.3 Å². The van der Waals surface area contributed by atoms with Crippen LogP contribution in [0.2, 0.25) is 0 Å². The molecular weight excluding hydrogens is 250 g/mol. The molecule has 6 heteroatoms. The molecule has 0 saturated carbocycles. The van der Waals surface area contributed by atoms with Crippen LogP contribution in [0.3, 0.4) is 0 Å². The van der Waals surface area contributed by atoms with E-state index in [-0.39, 0.29) is 6.42 Å². The first-order chi connectivity index (χ1) is 9.03. The topological polar surface area (TPSA) is 84.9 Å². The molecule has 19 heavy (non-hydrogen) atoms. The molecule has 1 amide bonds. The second-order valence-corrected chi connectivity index (χ2v) is 3.85. The third-order valence-corrected chi connectivity index (χ3v) is 2.69. The lowest BCUT2D eigenvalue weighted by molar-refractivity contribution is -0.145. The highest BCUT2D eigenvalue weighted by atomic mass is 16.5. The summed E-state index contributed by atoms with van der Waals surface area (Å²) in [6, 6.07) is 4.86. The number of methoxy groups -OCH3 is 2. The average Bonchev–Trinajstić information content (AvgIpc) is 2.39. The molecule has 1 aromatic carbocycles. The number of benzene rings is 1. The van der Waals surface area contributed by atoms with E-state index in [0.29, 0.717) is 17.2 Å². The molecule has 1 rings (SSSR count). The van der Waals surface area contributed by atoms with E-state index in [0.717, 1.165) is 0 Å². The third kappa shape index (κ3) is 3.61. The highest BCUT2D eigenvalue weighted by molar-refractivity contribution is 6.04. The second-order valence-electron chi connectivity index (χ2n) is 3.85. The number of carbonyl (C=O) groups is 2. The first-order valence-corrected chi connectivity index (χ1v) is 5.79. The molecule has 1 atom stereocenters. The van der Waals surface area contributed by atoms with Gasteiger partial charge in [0, 0.05) is 6.07 Å². The van der Waals surface area contributed by atoms with Crippen molar-refractivity contribution in [2.24, 2.45) is 5.92 Å². The van der Waals surface area contributed by atoms with Gasteiger partial charge < -0.3 is 19.9 Å². The molecule has 104 valence electrons. The molecule has 1 aromatic rings. The smallest absolute Gasteiger partial charge is 0.316 e. The van der Waals surface area contributed by atoms with Gasteiger partial charge in [0.2, 0.25) is 5.91 Å². The molecule has 0 heterocycles. The molecule has 0 aliphatic heterocycles. The average molecular weight is 267 g/mol. The van der Waals surface area contributed by atoms with E-state index in [4.69, 9.17) is 14.6 Å². The van der Waals surface area contributed by atoms with Gasteiger partial charge in [0.25, 0.3) is 0 Å². The van der Waals surface area contributed by atoms with Gasteiger partial charge in [-0.1, -0.05) is 6.92 Å². The predicted molar refractivity (Wildman–Crippen MR) is 69.6 cm³/mol. The molecule has 0 radical (unpaired) electrons. The Labute approximate surface area is 111 Å². The quantitative estimate of drug-likeness (QED) is 0.767. The molecule has 0 aromatic heterocycles. The Hall–Kier alpha value is -2.24. The van der Waals surface area contributed by atoms with E-state index in [1.807, 2.05) is 0 Å². The van der Waals surface area contributed by atoms with E-state index in [1.165, 1.54) is 14.2 Å². The van der Waals surface area contributed by atoms with Gasteiger partial charge >= 0.3 is 5.97 Å². The van der Waals surface area contributed by atoms with Crippen LogP contribution in [0.5, 0.6) is 11.5 Å². The first kappa shape index (κ1) is 14.8. The van der Waals surface area contributed by atoms with E-state index in [2.05, 4.69) is 5.32 Å². The maximum Gasteiger partial charge on any atom is 0.316 e. The second kappa shape index (κ2) is 6.63. The Kier molecular flexibility index (Phi) is 5.17. The van der Waals surface area contributed by atoms with Gasteiger partial charge in [-0.05, 0) is 18.6 Å². The molecule has 0 aliphatic rings. The van der Waals surface area contributed by atoms with Crippen LogP contribution in [-0.2, 0) is 9.59 Å². The lowest BCUT2D eigenvalue weighted by atomic mass is 10.1. The highest BCUT2D eigenvalue weighted by Crippen LogP contribution is 2.29. The van der Waals surface area contributed by atoms with Crippen LogP contribution >= 0.6 is 0 Å². The minimum atomic E-state index is -1.15. The number of rotatable bonds is 6.